The van der Waals surface area contributed by atoms with Crippen molar-refractivity contribution in [2.45, 2.75) is 78.4 Å². The van der Waals surface area contributed by atoms with E-state index in [1.54, 1.807) is 0 Å². The standard InChI is InChI=1S/C22H33BrN2O3/c1-13-17(20(21(26)27)28-22(3,4)5)19(18(23)14(2)24-13)25-11-10-15-8-6-7-9-16(15)12-25/h15-16,20H,6-12H2,1-5H3,(H,26,27)/t15-,16+,20?/m1/s1. The zero-order valence-corrected chi connectivity index (χ0v) is 19.3. The molecule has 0 radical (unpaired) electrons. The van der Waals surface area contributed by atoms with Crippen molar-refractivity contribution in [1.29, 1.82) is 0 Å². The zero-order chi connectivity index (χ0) is 20.6. The summed E-state index contributed by atoms with van der Waals surface area (Å²) >= 11 is 3.73. The summed E-state index contributed by atoms with van der Waals surface area (Å²) in [5.41, 5.74) is 2.71. The number of nitrogens with zero attached hydrogens (tertiary/aromatic N) is 2. The minimum atomic E-state index is -1.04. The first-order valence-electron chi connectivity index (χ1n) is 10.4. The van der Waals surface area contributed by atoms with Crippen LogP contribution in [0.1, 0.15) is 75.9 Å². The minimum absolute atomic E-state index is 0.569. The van der Waals surface area contributed by atoms with Gasteiger partial charge >= 0.3 is 5.97 Å². The Bertz CT molecular complexity index is 744. The van der Waals surface area contributed by atoms with Crippen molar-refractivity contribution in [2.24, 2.45) is 11.8 Å². The second kappa shape index (κ2) is 8.31. The first-order chi connectivity index (χ1) is 13.1. The molecule has 2 fully saturated rings. The number of piperidine rings is 1. The predicted octanol–water partition coefficient (Wildman–Crippen LogP) is 5.42. The second-order valence-electron chi connectivity index (χ2n) is 9.35. The molecule has 3 atom stereocenters. The summed E-state index contributed by atoms with van der Waals surface area (Å²) < 4.78 is 6.91. The smallest absolute Gasteiger partial charge is 0.337 e. The van der Waals surface area contributed by atoms with E-state index in [0.29, 0.717) is 11.5 Å². The Morgan fingerprint density at radius 2 is 1.82 bits per heavy atom. The van der Waals surface area contributed by atoms with E-state index in [1.165, 1.54) is 32.1 Å². The van der Waals surface area contributed by atoms with Crippen LogP contribution in [0, 0.1) is 25.7 Å². The van der Waals surface area contributed by atoms with Gasteiger partial charge in [0.05, 0.1) is 21.5 Å². The maximum absolute atomic E-state index is 12.2. The van der Waals surface area contributed by atoms with Gasteiger partial charge in [0.1, 0.15) is 0 Å². The van der Waals surface area contributed by atoms with Crippen LogP contribution in [0.4, 0.5) is 5.69 Å². The summed E-state index contributed by atoms with van der Waals surface area (Å²) in [5, 5.41) is 10.00. The molecule has 5 nitrogen and oxygen atoms in total. The van der Waals surface area contributed by atoms with E-state index in [0.717, 1.165) is 40.6 Å². The number of pyridine rings is 1. The lowest BCUT2D eigenvalue weighted by molar-refractivity contribution is -0.160. The molecule has 3 rings (SSSR count). The maximum atomic E-state index is 12.2. The van der Waals surface area contributed by atoms with Gasteiger partial charge in [0.15, 0.2) is 6.10 Å². The van der Waals surface area contributed by atoms with Gasteiger partial charge in [0.25, 0.3) is 0 Å². The van der Waals surface area contributed by atoms with Crippen molar-refractivity contribution in [3.8, 4) is 0 Å². The highest BCUT2D eigenvalue weighted by atomic mass is 79.9. The minimum Gasteiger partial charge on any atom is -0.479 e. The first kappa shape index (κ1) is 21.6. The van der Waals surface area contributed by atoms with Crippen LogP contribution in [-0.2, 0) is 9.53 Å². The number of halogens is 1. The number of aliphatic carboxylic acids is 1. The van der Waals surface area contributed by atoms with Gasteiger partial charge in [-0.2, -0.15) is 0 Å². The number of carboxylic acids is 1. The third kappa shape index (κ3) is 4.54. The Labute approximate surface area is 177 Å². The topological polar surface area (TPSA) is 62.7 Å². The van der Waals surface area contributed by atoms with E-state index in [2.05, 4.69) is 25.8 Å². The molecule has 1 aliphatic heterocycles. The van der Waals surface area contributed by atoms with E-state index < -0.39 is 17.7 Å². The maximum Gasteiger partial charge on any atom is 0.337 e. The fourth-order valence-corrected chi connectivity index (χ4v) is 5.39. The molecule has 1 aromatic rings. The van der Waals surface area contributed by atoms with Gasteiger partial charge in [-0.25, -0.2) is 4.79 Å². The largest absolute Gasteiger partial charge is 0.479 e. The molecule has 0 bridgehead atoms. The highest BCUT2D eigenvalue weighted by Gasteiger charge is 2.37. The molecule has 0 amide bonds. The first-order valence-corrected chi connectivity index (χ1v) is 11.2. The molecule has 1 unspecified atom stereocenters. The second-order valence-corrected chi connectivity index (χ2v) is 10.1. The normalized spacial score (nSPS) is 24.0. The van der Waals surface area contributed by atoms with Crippen LogP contribution in [0.5, 0.6) is 0 Å². The van der Waals surface area contributed by atoms with Gasteiger partial charge in [0, 0.05) is 24.3 Å². The SMILES string of the molecule is Cc1nc(C)c(C(OC(C)(C)C)C(=O)O)c(N2CC[C@H]3CCCC[C@H]3C2)c1Br. The molecular weight excluding hydrogens is 420 g/mol. The summed E-state index contributed by atoms with van der Waals surface area (Å²) in [6.45, 7) is 11.5. The molecule has 1 saturated carbocycles. The number of anilines is 1. The fraction of sp³-hybridized carbons (Fsp3) is 0.727. The van der Waals surface area contributed by atoms with Gasteiger partial charge in [-0.3, -0.25) is 4.98 Å². The van der Waals surface area contributed by atoms with Crippen molar-refractivity contribution in [3.05, 3.63) is 21.4 Å². The molecule has 28 heavy (non-hydrogen) atoms. The van der Waals surface area contributed by atoms with Crippen LogP contribution < -0.4 is 4.90 Å². The quantitative estimate of drug-likeness (QED) is 0.660. The van der Waals surface area contributed by atoms with Gasteiger partial charge in [-0.15, -0.1) is 0 Å². The third-order valence-electron chi connectivity index (χ3n) is 6.07. The highest BCUT2D eigenvalue weighted by Crippen LogP contribution is 2.44. The molecular formula is C22H33BrN2O3. The number of rotatable bonds is 4. The van der Waals surface area contributed by atoms with E-state index in [4.69, 9.17) is 4.74 Å². The van der Waals surface area contributed by atoms with Crippen molar-refractivity contribution in [1.82, 2.24) is 4.98 Å². The van der Waals surface area contributed by atoms with E-state index in [-0.39, 0.29) is 0 Å². The molecule has 1 saturated heterocycles. The van der Waals surface area contributed by atoms with Gasteiger partial charge < -0.3 is 14.7 Å². The molecule has 0 spiro atoms. The lowest BCUT2D eigenvalue weighted by atomic mass is 9.75. The molecule has 6 heteroatoms. The van der Waals surface area contributed by atoms with E-state index >= 15 is 0 Å². The van der Waals surface area contributed by atoms with Crippen molar-refractivity contribution in [2.75, 3.05) is 18.0 Å². The highest BCUT2D eigenvalue weighted by molar-refractivity contribution is 9.10. The van der Waals surface area contributed by atoms with E-state index in [1.807, 2.05) is 34.6 Å². The number of aryl methyl sites for hydroxylation is 2. The summed E-state index contributed by atoms with van der Waals surface area (Å²) in [4.78, 5) is 19.2. The Morgan fingerprint density at radius 1 is 1.18 bits per heavy atom. The summed E-state index contributed by atoms with van der Waals surface area (Å²) in [6, 6.07) is 0. The molecule has 156 valence electrons. The number of fused-ring (bicyclic) bond motifs is 1. The van der Waals surface area contributed by atoms with Crippen LogP contribution in [0.15, 0.2) is 4.47 Å². The van der Waals surface area contributed by atoms with Crippen LogP contribution >= 0.6 is 15.9 Å². The monoisotopic (exact) mass is 452 g/mol. The Hall–Kier alpha value is -1.14. The number of hydrogen-bond acceptors (Lipinski definition) is 4. The third-order valence-corrected chi connectivity index (χ3v) is 7.02. The number of ether oxygens (including phenoxy) is 1. The molecule has 1 aromatic heterocycles. The number of aromatic nitrogens is 1. The molecule has 0 aromatic carbocycles. The van der Waals surface area contributed by atoms with E-state index in [9.17, 15) is 9.90 Å². The van der Waals surface area contributed by atoms with Crippen LogP contribution in [0.3, 0.4) is 0 Å². The Morgan fingerprint density at radius 3 is 2.43 bits per heavy atom. The molecule has 2 aliphatic rings. The summed E-state index contributed by atoms with van der Waals surface area (Å²) in [7, 11) is 0. The molecule has 1 N–H and O–H groups in total. The predicted molar refractivity (Wildman–Crippen MR) is 115 cm³/mol. The molecule has 1 aliphatic carbocycles. The van der Waals surface area contributed by atoms with Gasteiger partial charge in [-0.1, -0.05) is 19.3 Å². The number of hydrogen-bond donors (Lipinski definition) is 1. The van der Waals surface area contributed by atoms with Gasteiger partial charge in [0.2, 0.25) is 0 Å². The fourth-order valence-electron chi connectivity index (χ4n) is 4.84. The lowest BCUT2D eigenvalue weighted by Crippen LogP contribution is -2.43. The average molecular weight is 453 g/mol. The van der Waals surface area contributed by atoms with Crippen molar-refractivity contribution in [3.63, 3.8) is 0 Å². The van der Waals surface area contributed by atoms with Crippen molar-refractivity contribution >= 4 is 27.6 Å². The Kier molecular flexibility index (Phi) is 6.40. The van der Waals surface area contributed by atoms with Crippen LogP contribution in [-0.4, -0.2) is 34.8 Å². The molecule has 2 heterocycles. The average Bonchev–Trinajstić information content (AvgIpc) is 2.61. The summed E-state index contributed by atoms with van der Waals surface area (Å²) in [5.74, 6) is 0.546. The lowest BCUT2D eigenvalue weighted by Gasteiger charge is -2.44. The van der Waals surface area contributed by atoms with Crippen LogP contribution in [0.25, 0.3) is 0 Å². The summed E-state index contributed by atoms with van der Waals surface area (Å²) in [6.07, 6.45) is 5.41. The number of carboxylic acid groups (broad SMARTS) is 1. The Balaban J connectivity index is 2.05. The van der Waals surface area contributed by atoms with Crippen molar-refractivity contribution < 1.29 is 14.6 Å². The number of carbonyl (C=O) groups is 1. The van der Waals surface area contributed by atoms with Gasteiger partial charge in [-0.05, 0) is 75.2 Å². The zero-order valence-electron chi connectivity index (χ0n) is 17.7. The van der Waals surface area contributed by atoms with Crippen LogP contribution in [0.2, 0.25) is 0 Å².